The van der Waals surface area contributed by atoms with Crippen molar-refractivity contribution in [3.05, 3.63) is 142 Å². The summed E-state index contributed by atoms with van der Waals surface area (Å²) in [4.78, 5) is 2.54. The standard InChI is InChI=1S/C34H24S2/c1-5-13-25(14-6-1)29-23-35-31(33(29)27-17-9-3-10-18-27)21-22-32-34(28-19-11-4-12-20-28)30(24-36-32)26-15-7-2-8-16-26/h1-24H. The summed E-state index contributed by atoms with van der Waals surface area (Å²) in [5.41, 5.74) is 10.2. The van der Waals surface area contributed by atoms with Gasteiger partial charge in [0.2, 0.25) is 0 Å². The average Bonchev–Trinajstić information content (AvgIpc) is 3.58. The van der Waals surface area contributed by atoms with Gasteiger partial charge in [-0.15, -0.1) is 22.7 Å². The van der Waals surface area contributed by atoms with Gasteiger partial charge in [-0.25, -0.2) is 0 Å². The molecule has 36 heavy (non-hydrogen) atoms. The lowest BCUT2D eigenvalue weighted by Crippen LogP contribution is -1.83. The summed E-state index contributed by atoms with van der Waals surface area (Å²) in [6, 6.07) is 42.8. The van der Waals surface area contributed by atoms with E-state index in [-0.39, 0.29) is 0 Å². The SMILES string of the molecule is C(=Cc1scc(-c2ccccc2)c1-c1ccccc1)c1scc(-c2ccccc2)c1-c1ccccc1. The molecule has 4 aromatic carbocycles. The Morgan fingerprint density at radius 1 is 0.361 bits per heavy atom. The number of rotatable bonds is 6. The van der Waals surface area contributed by atoms with E-state index in [0.717, 1.165) is 0 Å². The molecule has 0 aliphatic heterocycles. The summed E-state index contributed by atoms with van der Waals surface area (Å²) in [6.45, 7) is 0. The zero-order valence-electron chi connectivity index (χ0n) is 19.7. The lowest BCUT2D eigenvalue weighted by molar-refractivity contribution is 1.63. The van der Waals surface area contributed by atoms with Crippen molar-refractivity contribution >= 4 is 34.8 Å². The minimum atomic E-state index is 1.25. The van der Waals surface area contributed by atoms with Gasteiger partial charge < -0.3 is 0 Å². The third-order valence-electron chi connectivity index (χ3n) is 6.32. The first-order valence-corrected chi connectivity index (χ1v) is 13.8. The Bertz CT molecular complexity index is 1470. The highest BCUT2D eigenvalue weighted by atomic mass is 32.1. The van der Waals surface area contributed by atoms with Gasteiger partial charge in [0.15, 0.2) is 0 Å². The summed E-state index contributed by atoms with van der Waals surface area (Å²) in [6.07, 6.45) is 4.60. The minimum Gasteiger partial charge on any atom is -0.143 e. The fraction of sp³-hybridized carbons (Fsp3) is 0. The van der Waals surface area contributed by atoms with Crippen LogP contribution in [0.15, 0.2) is 132 Å². The van der Waals surface area contributed by atoms with Crippen LogP contribution < -0.4 is 0 Å². The lowest BCUT2D eigenvalue weighted by atomic mass is 9.95. The molecule has 0 saturated carbocycles. The van der Waals surface area contributed by atoms with Gasteiger partial charge in [-0.3, -0.25) is 0 Å². The Labute approximate surface area is 220 Å². The predicted molar refractivity (Wildman–Crippen MR) is 159 cm³/mol. The normalized spacial score (nSPS) is 11.2. The Morgan fingerprint density at radius 2 is 0.667 bits per heavy atom. The third-order valence-corrected chi connectivity index (χ3v) is 8.21. The van der Waals surface area contributed by atoms with E-state index in [4.69, 9.17) is 0 Å². The molecule has 0 aliphatic rings. The summed E-state index contributed by atoms with van der Waals surface area (Å²) in [5, 5.41) is 4.58. The number of hydrogen-bond donors (Lipinski definition) is 0. The van der Waals surface area contributed by atoms with E-state index in [0.29, 0.717) is 0 Å². The molecule has 2 heteroatoms. The third kappa shape index (κ3) is 4.49. The molecule has 0 amide bonds. The van der Waals surface area contributed by atoms with Crippen molar-refractivity contribution in [1.82, 2.24) is 0 Å². The van der Waals surface area contributed by atoms with Gasteiger partial charge >= 0.3 is 0 Å². The summed E-state index contributed by atoms with van der Waals surface area (Å²) < 4.78 is 0. The summed E-state index contributed by atoms with van der Waals surface area (Å²) in [7, 11) is 0. The van der Waals surface area contributed by atoms with Crippen molar-refractivity contribution in [3.8, 4) is 44.5 Å². The van der Waals surface area contributed by atoms with Crippen molar-refractivity contribution in [2.45, 2.75) is 0 Å². The molecule has 0 aliphatic carbocycles. The largest absolute Gasteiger partial charge is 0.143 e. The second-order valence-corrected chi connectivity index (χ2v) is 10.4. The number of thiophene rings is 2. The Hall–Kier alpha value is -3.98. The maximum Gasteiger partial charge on any atom is 0.0355 e. The van der Waals surface area contributed by atoms with Crippen LogP contribution >= 0.6 is 22.7 Å². The number of benzene rings is 4. The lowest BCUT2D eigenvalue weighted by Gasteiger charge is -2.08. The van der Waals surface area contributed by atoms with E-state index in [1.807, 2.05) is 22.7 Å². The summed E-state index contributed by atoms with van der Waals surface area (Å²) in [5.74, 6) is 0. The van der Waals surface area contributed by atoms with Crippen LogP contribution in [0.25, 0.3) is 56.7 Å². The van der Waals surface area contributed by atoms with Gasteiger partial charge in [0.1, 0.15) is 0 Å². The van der Waals surface area contributed by atoms with Gasteiger partial charge in [-0.2, -0.15) is 0 Å². The van der Waals surface area contributed by atoms with Crippen LogP contribution in [0.3, 0.4) is 0 Å². The molecule has 0 N–H and O–H groups in total. The molecule has 0 bridgehead atoms. The maximum atomic E-state index is 2.30. The predicted octanol–water partition coefficient (Wildman–Crippen LogP) is 10.6. The number of hydrogen-bond acceptors (Lipinski definition) is 2. The first-order valence-electron chi connectivity index (χ1n) is 12.0. The molecular weight excluding hydrogens is 473 g/mol. The van der Waals surface area contributed by atoms with Crippen LogP contribution in [0, 0.1) is 0 Å². The highest BCUT2D eigenvalue weighted by Crippen LogP contribution is 2.43. The van der Waals surface area contributed by atoms with Crippen LogP contribution in [-0.2, 0) is 0 Å². The second-order valence-electron chi connectivity index (χ2n) is 8.57. The van der Waals surface area contributed by atoms with Gasteiger partial charge in [0.25, 0.3) is 0 Å². The van der Waals surface area contributed by atoms with Crippen LogP contribution in [0.1, 0.15) is 9.75 Å². The zero-order chi connectivity index (χ0) is 24.2. The topological polar surface area (TPSA) is 0 Å². The van der Waals surface area contributed by atoms with Crippen molar-refractivity contribution in [1.29, 1.82) is 0 Å². The van der Waals surface area contributed by atoms with Crippen LogP contribution in [0.2, 0.25) is 0 Å². The zero-order valence-corrected chi connectivity index (χ0v) is 21.3. The highest BCUT2D eigenvalue weighted by molar-refractivity contribution is 7.13. The molecule has 6 rings (SSSR count). The van der Waals surface area contributed by atoms with Crippen LogP contribution in [0.4, 0.5) is 0 Å². The Balaban J connectivity index is 1.48. The second kappa shape index (κ2) is 10.3. The van der Waals surface area contributed by atoms with Gasteiger partial charge in [-0.05, 0) is 45.2 Å². The van der Waals surface area contributed by atoms with Crippen LogP contribution in [-0.4, -0.2) is 0 Å². The van der Waals surface area contributed by atoms with Gasteiger partial charge in [0, 0.05) is 32.0 Å². The van der Waals surface area contributed by atoms with Crippen LogP contribution in [0.5, 0.6) is 0 Å². The first-order chi connectivity index (χ1) is 17.9. The molecule has 0 spiro atoms. The minimum absolute atomic E-state index is 1.25. The first kappa shape index (κ1) is 22.5. The Kier molecular flexibility index (Phi) is 6.45. The van der Waals surface area contributed by atoms with E-state index in [9.17, 15) is 0 Å². The molecule has 2 heterocycles. The summed E-state index contributed by atoms with van der Waals surface area (Å²) >= 11 is 3.62. The van der Waals surface area contributed by atoms with E-state index in [1.54, 1.807) is 0 Å². The van der Waals surface area contributed by atoms with E-state index >= 15 is 0 Å². The molecule has 0 saturated heterocycles. The van der Waals surface area contributed by atoms with Crippen molar-refractivity contribution < 1.29 is 0 Å². The molecule has 0 nitrogen and oxygen atoms in total. The van der Waals surface area contributed by atoms with Gasteiger partial charge in [0.05, 0.1) is 0 Å². The fourth-order valence-electron chi connectivity index (χ4n) is 4.61. The average molecular weight is 497 g/mol. The molecule has 6 aromatic rings. The maximum absolute atomic E-state index is 2.30. The highest BCUT2D eigenvalue weighted by Gasteiger charge is 2.16. The smallest absolute Gasteiger partial charge is 0.0355 e. The quantitative estimate of drug-likeness (QED) is 0.215. The van der Waals surface area contributed by atoms with Crippen molar-refractivity contribution in [2.24, 2.45) is 0 Å². The molecular formula is C34H24S2. The molecule has 0 fully saturated rings. The van der Waals surface area contributed by atoms with E-state index in [1.165, 1.54) is 54.3 Å². The van der Waals surface area contributed by atoms with Crippen molar-refractivity contribution in [3.63, 3.8) is 0 Å². The monoisotopic (exact) mass is 496 g/mol. The molecule has 0 radical (unpaired) electrons. The molecule has 172 valence electrons. The van der Waals surface area contributed by atoms with E-state index in [2.05, 4.69) is 144 Å². The van der Waals surface area contributed by atoms with Gasteiger partial charge in [-0.1, -0.05) is 121 Å². The van der Waals surface area contributed by atoms with Crippen molar-refractivity contribution in [2.75, 3.05) is 0 Å². The van der Waals surface area contributed by atoms with E-state index < -0.39 is 0 Å². The molecule has 0 atom stereocenters. The molecule has 0 unspecified atom stereocenters. The molecule has 2 aromatic heterocycles. The fourth-order valence-corrected chi connectivity index (χ4v) is 6.59. The Morgan fingerprint density at radius 3 is 1.00 bits per heavy atom.